The number of hydrogen-bond donors (Lipinski definition) is 1. The van der Waals surface area contributed by atoms with Crippen molar-refractivity contribution >= 4 is 5.97 Å². The molecule has 0 amide bonds. The molecule has 110 valence electrons. The van der Waals surface area contributed by atoms with Crippen LogP contribution in [-0.2, 0) is 14.3 Å². The van der Waals surface area contributed by atoms with Crippen LogP contribution in [0.25, 0.3) is 0 Å². The van der Waals surface area contributed by atoms with Gasteiger partial charge in [0.1, 0.15) is 5.54 Å². The summed E-state index contributed by atoms with van der Waals surface area (Å²) >= 11 is 0. The molecule has 0 aromatic rings. The van der Waals surface area contributed by atoms with E-state index >= 15 is 0 Å². The summed E-state index contributed by atoms with van der Waals surface area (Å²) in [4.78, 5) is 14.6. The highest BCUT2D eigenvalue weighted by Gasteiger charge is 2.44. The molecule has 2 fully saturated rings. The first-order chi connectivity index (χ1) is 9.22. The van der Waals surface area contributed by atoms with Crippen molar-refractivity contribution in [3.05, 3.63) is 0 Å². The van der Waals surface area contributed by atoms with Crippen molar-refractivity contribution in [3.63, 3.8) is 0 Å². The molecule has 2 atom stereocenters. The lowest BCUT2D eigenvalue weighted by Crippen LogP contribution is -2.59. The zero-order valence-corrected chi connectivity index (χ0v) is 12.1. The van der Waals surface area contributed by atoms with Crippen LogP contribution in [0.2, 0.25) is 0 Å². The molecule has 0 bridgehead atoms. The fourth-order valence-corrected chi connectivity index (χ4v) is 3.45. The molecule has 0 aromatic heterocycles. The van der Waals surface area contributed by atoms with Crippen LogP contribution in [0, 0.1) is 0 Å². The standard InChI is InChI=1S/C14H26N2O3/c1-3-15-14(13(17)18-2)6-4-5-12(11-14)16-7-9-19-10-8-16/h12,15H,3-11H2,1-2H3. The van der Waals surface area contributed by atoms with Crippen molar-refractivity contribution in [3.8, 4) is 0 Å². The summed E-state index contributed by atoms with van der Waals surface area (Å²) in [6, 6.07) is 0.468. The number of carbonyl (C=O) groups excluding carboxylic acids is 1. The SMILES string of the molecule is CCNC1(C(=O)OC)CCCC(N2CCOCC2)C1. The Morgan fingerprint density at radius 2 is 2.21 bits per heavy atom. The minimum Gasteiger partial charge on any atom is -0.468 e. The fourth-order valence-electron chi connectivity index (χ4n) is 3.45. The first-order valence-electron chi connectivity index (χ1n) is 7.37. The first kappa shape index (κ1) is 14.8. The smallest absolute Gasteiger partial charge is 0.326 e. The van der Waals surface area contributed by atoms with Crippen LogP contribution < -0.4 is 5.32 Å². The van der Waals surface area contributed by atoms with Crippen LogP contribution >= 0.6 is 0 Å². The molecular weight excluding hydrogens is 244 g/mol. The van der Waals surface area contributed by atoms with E-state index in [2.05, 4.69) is 10.2 Å². The summed E-state index contributed by atoms with van der Waals surface area (Å²) in [6.45, 7) is 6.42. The molecule has 2 aliphatic rings. The molecule has 0 spiro atoms. The van der Waals surface area contributed by atoms with Crippen molar-refractivity contribution in [1.82, 2.24) is 10.2 Å². The van der Waals surface area contributed by atoms with Crippen LogP contribution in [0.1, 0.15) is 32.6 Å². The maximum absolute atomic E-state index is 12.2. The topological polar surface area (TPSA) is 50.8 Å². The second kappa shape index (κ2) is 6.68. The van der Waals surface area contributed by atoms with Gasteiger partial charge in [-0.15, -0.1) is 0 Å². The van der Waals surface area contributed by atoms with Gasteiger partial charge in [-0.2, -0.15) is 0 Å². The van der Waals surface area contributed by atoms with Crippen LogP contribution in [-0.4, -0.2) is 62.4 Å². The van der Waals surface area contributed by atoms with Crippen LogP contribution in [0.4, 0.5) is 0 Å². The van der Waals surface area contributed by atoms with Crippen LogP contribution in [0.5, 0.6) is 0 Å². The summed E-state index contributed by atoms with van der Waals surface area (Å²) in [5.41, 5.74) is -0.481. The van der Waals surface area contributed by atoms with E-state index < -0.39 is 5.54 Å². The molecule has 0 radical (unpaired) electrons. The zero-order chi connectivity index (χ0) is 13.7. The second-order valence-electron chi connectivity index (χ2n) is 5.50. The Morgan fingerprint density at radius 3 is 2.84 bits per heavy atom. The van der Waals surface area contributed by atoms with E-state index in [4.69, 9.17) is 9.47 Å². The van der Waals surface area contributed by atoms with Gasteiger partial charge in [0.2, 0.25) is 0 Å². The van der Waals surface area contributed by atoms with Crippen molar-refractivity contribution < 1.29 is 14.3 Å². The van der Waals surface area contributed by atoms with Gasteiger partial charge in [0.05, 0.1) is 20.3 Å². The molecule has 0 aromatic carbocycles. The molecule has 19 heavy (non-hydrogen) atoms. The maximum atomic E-state index is 12.2. The van der Waals surface area contributed by atoms with E-state index in [9.17, 15) is 4.79 Å². The minimum absolute atomic E-state index is 0.104. The maximum Gasteiger partial charge on any atom is 0.326 e. The Hall–Kier alpha value is -0.650. The monoisotopic (exact) mass is 270 g/mol. The molecule has 1 heterocycles. The van der Waals surface area contributed by atoms with Crippen LogP contribution in [0.3, 0.4) is 0 Å². The first-order valence-corrected chi connectivity index (χ1v) is 7.37. The lowest BCUT2D eigenvalue weighted by atomic mass is 9.78. The van der Waals surface area contributed by atoms with Gasteiger partial charge in [-0.25, -0.2) is 0 Å². The lowest BCUT2D eigenvalue weighted by Gasteiger charge is -2.44. The number of likely N-dealkylation sites (N-methyl/N-ethyl adjacent to an activating group) is 1. The van der Waals surface area contributed by atoms with E-state index in [1.54, 1.807) is 0 Å². The number of nitrogens with one attached hydrogen (secondary N) is 1. The number of hydrogen-bond acceptors (Lipinski definition) is 5. The summed E-state index contributed by atoms with van der Waals surface area (Å²) in [6.07, 6.45) is 3.98. The van der Waals surface area contributed by atoms with Crippen molar-refractivity contribution in [1.29, 1.82) is 0 Å². The Bertz CT molecular complexity index is 301. The molecule has 1 saturated heterocycles. The van der Waals surface area contributed by atoms with E-state index in [-0.39, 0.29) is 5.97 Å². The summed E-state index contributed by atoms with van der Waals surface area (Å²) in [7, 11) is 1.49. The van der Waals surface area contributed by atoms with Gasteiger partial charge in [0.15, 0.2) is 0 Å². The molecule has 2 rings (SSSR count). The summed E-state index contributed by atoms with van der Waals surface area (Å²) < 4.78 is 10.4. The summed E-state index contributed by atoms with van der Waals surface area (Å²) in [5.74, 6) is -0.104. The van der Waals surface area contributed by atoms with Gasteiger partial charge in [0.25, 0.3) is 0 Å². The third-order valence-corrected chi connectivity index (χ3v) is 4.38. The van der Waals surface area contributed by atoms with Crippen molar-refractivity contribution in [2.75, 3.05) is 40.0 Å². The molecule has 1 saturated carbocycles. The van der Waals surface area contributed by atoms with E-state index in [1.165, 1.54) is 13.5 Å². The van der Waals surface area contributed by atoms with Crippen molar-refractivity contribution in [2.24, 2.45) is 0 Å². The third-order valence-electron chi connectivity index (χ3n) is 4.38. The third kappa shape index (κ3) is 3.27. The van der Waals surface area contributed by atoms with E-state index in [1.807, 2.05) is 6.92 Å². The molecule has 2 unspecified atom stereocenters. The predicted octanol–water partition coefficient (Wildman–Crippen LogP) is 0.783. The fraction of sp³-hybridized carbons (Fsp3) is 0.929. The molecule has 1 aliphatic carbocycles. The average molecular weight is 270 g/mol. The highest BCUT2D eigenvalue weighted by Crippen LogP contribution is 2.32. The average Bonchev–Trinajstić information content (AvgIpc) is 2.48. The predicted molar refractivity (Wildman–Crippen MR) is 73.1 cm³/mol. The number of nitrogens with zero attached hydrogens (tertiary/aromatic N) is 1. The quantitative estimate of drug-likeness (QED) is 0.765. The van der Waals surface area contributed by atoms with Gasteiger partial charge in [-0.3, -0.25) is 9.69 Å². The second-order valence-corrected chi connectivity index (χ2v) is 5.50. The summed E-state index contributed by atoms with van der Waals surface area (Å²) in [5, 5.41) is 3.39. The number of ether oxygens (including phenoxy) is 2. The number of rotatable bonds is 4. The molecule has 1 aliphatic heterocycles. The van der Waals surface area contributed by atoms with Crippen LogP contribution in [0.15, 0.2) is 0 Å². The number of morpholine rings is 1. The normalized spacial score (nSPS) is 33.1. The molecular formula is C14H26N2O3. The van der Waals surface area contributed by atoms with Gasteiger partial charge in [-0.05, 0) is 32.2 Å². The van der Waals surface area contributed by atoms with E-state index in [0.717, 1.165) is 52.1 Å². The zero-order valence-electron chi connectivity index (χ0n) is 12.1. The Kier molecular flexibility index (Phi) is 5.19. The van der Waals surface area contributed by atoms with Gasteiger partial charge in [-0.1, -0.05) is 6.92 Å². The van der Waals surface area contributed by atoms with Crippen molar-refractivity contribution in [2.45, 2.75) is 44.2 Å². The Morgan fingerprint density at radius 1 is 1.47 bits per heavy atom. The number of methoxy groups -OCH3 is 1. The number of esters is 1. The largest absolute Gasteiger partial charge is 0.468 e. The molecule has 5 heteroatoms. The van der Waals surface area contributed by atoms with Gasteiger partial charge >= 0.3 is 5.97 Å². The number of carbonyl (C=O) groups is 1. The van der Waals surface area contributed by atoms with Gasteiger partial charge < -0.3 is 14.8 Å². The highest BCUT2D eigenvalue weighted by atomic mass is 16.5. The lowest BCUT2D eigenvalue weighted by molar-refractivity contribution is -0.151. The highest BCUT2D eigenvalue weighted by molar-refractivity contribution is 5.81. The molecule has 1 N–H and O–H groups in total. The Balaban J connectivity index is 2.05. The van der Waals surface area contributed by atoms with E-state index in [0.29, 0.717) is 6.04 Å². The molecule has 5 nitrogen and oxygen atoms in total. The minimum atomic E-state index is -0.481. The Labute approximate surface area is 115 Å². The van der Waals surface area contributed by atoms with Gasteiger partial charge in [0, 0.05) is 19.1 Å².